The molecular weight excluding hydrogens is 496 g/mol. The Kier molecular flexibility index (Phi) is 9.06. The molecule has 0 bridgehead atoms. The zero-order valence-corrected chi connectivity index (χ0v) is 22.0. The van der Waals surface area contributed by atoms with Crippen LogP contribution in [0.25, 0.3) is 11.1 Å². The van der Waals surface area contributed by atoms with E-state index in [1.807, 2.05) is 73.0 Å². The minimum Gasteiger partial charge on any atom is -0.481 e. The number of carboxylic acid groups (broad SMARTS) is 1. The van der Waals surface area contributed by atoms with Crippen molar-refractivity contribution in [2.24, 2.45) is 0 Å². The van der Waals surface area contributed by atoms with Crippen LogP contribution in [0.5, 0.6) is 0 Å². The Morgan fingerprint density at radius 1 is 0.816 bits per heavy atom. The molecule has 0 radical (unpaired) electrons. The summed E-state index contributed by atoms with van der Waals surface area (Å²) in [6.07, 6.45) is 0.499. The Morgan fingerprint density at radius 2 is 1.47 bits per heavy atom. The van der Waals surface area contributed by atoms with Crippen LogP contribution in [0.1, 0.15) is 43.1 Å². The second kappa shape index (κ2) is 12.8. The second-order valence-corrected chi connectivity index (χ2v) is 10.00. The first kappa shape index (κ1) is 26.8. The predicted octanol–water partition coefficient (Wildman–Crippen LogP) is 5.81. The van der Waals surface area contributed by atoms with Crippen molar-refractivity contribution in [3.63, 3.8) is 0 Å². The topological polar surface area (TPSA) is 86.7 Å². The van der Waals surface area contributed by atoms with Gasteiger partial charge in [-0.15, -0.1) is 11.3 Å². The zero-order valence-electron chi connectivity index (χ0n) is 21.2. The van der Waals surface area contributed by atoms with Gasteiger partial charge in [-0.2, -0.15) is 0 Å². The highest BCUT2D eigenvalue weighted by molar-refractivity contribution is 7.09. The van der Waals surface area contributed by atoms with E-state index >= 15 is 0 Å². The van der Waals surface area contributed by atoms with Gasteiger partial charge in [-0.1, -0.05) is 66.7 Å². The molecule has 0 atom stereocenters. The molecule has 1 aromatic heterocycles. The largest absolute Gasteiger partial charge is 0.481 e. The van der Waals surface area contributed by atoms with E-state index in [0.717, 1.165) is 16.0 Å². The summed E-state index contributed by atoms with van der Waals surface area (Å²) in [5.74, 6) is -1.44. The first-order valence-corrected chi connectivity index (χ1v) is 13.4. The maximum absolute atomic E-state index is 13.8. The summed E-state index contributed by atoms with van der Waals surface area (Å²) in [6, 6.07) is 26.3. The van der Waals surface area contributed by atoms with E-state index in [-0.39, 0.29) is 24.8 Å². The predicted molar refractivity (Wildman–Crippen MR) is 150 cm³/mol. The molecule has 2 N–H and O–H groups in total. The lowest BCUT2D eigenvalue weighted by Crippen LogP contribution is -2.35. The maximum atomic E-state index is 13.8. The van der Waals surface area contributed by atoms with E-state index < -0.39 is 5.97 Å². The van der Waals surface area contributed by atoms with Gasteiger partial charge >= 0.3 is 5.97 Å². The van der Waals surface area contributed by atoms with Crippen LogP contribution >= 0.6 is 11.3 Å². The molecule has 4 aromatic rings. The van der Waals surface area contributed by atoms with Gasteiger partial charge in [-0.3, -0.25) is 14.4 Å². The summed E-state index contributed by atoms with van der Waals surface area (Å²) in [7, 11) is 0. The first-order valence-electron chi connectivity index (χ1n) is 12.5. The number of benzene rings is 3. The van der Waals surface area contributed by atoms with Crippen LogP contribution in [0.2, 0.25) is 0 Å². The van der Waals surface area contributed by atoms with Gasteiger partial charge in [0.25, 0.3) is 11.8 Å². The van der Waals surface area contributed by atoms with Crippen molar-refractivity contribution >= 4 is 29.1 Å². The average molecular weight is 527 g/mol. The molecule has 0 saturated heterocycles. The third kappa shape index (κ3) is 6.75. The molecule has 6 nitrogen and oxygen atoms in total. The van der Waals surface area contributed by atoms with Gasteiger partial charge in [0, 0.05) is 35.6 Å². The molecule has 0 fully saturated rings. The van der Waals surface area contributed by atoms with E-state index in [9.17, 15) is 19.5 Å². The number of amides is 2. The van der Waals surface area contributed by atoms with Crippen molar-refractivity contribution in [1.82, 2.24) is 10.2 Å². The number of hydrogen-bond donors (Lipinski definition) is 2. The average Bonchev–Trinajstić information content (AvgIpc) is 3.46. The van der Waals surface area contributed by atoms with Gasteiger partial charge in [0.1, 0.15) is 0 Å². The minimum atomic E-state index is -0.956. The lowest BCUT2D eigenvalue weighted by molar-refractivity contribution is -0.137. The quantitative estimate of drug-likeness (QED) is 0.258. The van der Waals surface area contributed by atoms with E-state index in [4.69, 9.17) is 0 Å². The number of nitrogens with one attached hydrogen (secondary N) is 1. The first-order chi connectivity index (χ1) is 18.4. The van der Waals surface area contributed by atoms with Gasteiger partial charge in [0.05, 0.1) is 6.42 Å². The van der Waals surface area contributed by atoms with Crippen molar-refractivity contribution in [2.75, 3.05) is 13.1 Å². The van der Waals surface area contributed by atoms with Gasteiger partial charge < -0.3 is 15.3 Å². The van der Waals surface area contributed by atoms with E-state index in [1.54, 1.807) is 40.5 Å². The number of aryl methyl sites for hydroxylation is 1. The van der Waals surface area contributed by atoms with Crippen LogP contribution in [0.4, 0.5) is 0 Å². The summed E-state index contributed by atoms with van der Waals surface area (Å²) in [4.78, 5) is 41.1. The van der Waals surface area contributed by atoms with Gasteiger partial charge in [-0.05, 0) is 59.2 Å². The minimum absolute atomic E-state index is 0.104. The van der Waals surface area contributed by atoms with Crippen molar-refractivity contribution in [2.45, 2.75) is 26.3 Å². The summed E-state index contributed by atoms with van der Waals surface area (Å²) < 4.78 is 0. The lowest BCUT2D eigenvalue weighted by atomic mass is 9.94. The van der Waals surface area contributed by atoms with Crippen molar-refractivity contribution in [3.05, 3.63) is 117 Å². The zero-order chi connectivity index (χ0) is 26.9. The van der Waals surface area contributed by atoms with E-state index in [1.165, 1.54) is 0 Å². The fourth-order valence-corrected chi connectivity index (χ4v) is 5.01. The normalized spacial score (nSPS) is 10.7. The highest BCUT2D eigenvalue weighted by atomic mass is 32.1. The fraction of sp³-hybridized carbons (Fsp3) is 0.194. The van der Waals surface area contributed by atoms with Crippen molar-refractivity contribution < 1.29 is 19.5 Å². The van der Waals surface area contributed by atoms with Crippen LogP contribution in [0, 0.1) is 6.92 Å². The molecule has 0 aliphatic rings. The molecule has 0 saturated carbocycles. The van der Waals surface area contributed by atoms with Gasteiger partial charge in [0.15, 0.2) is 0 Å². The number of carbonyl (C=O) groups is 3. The molecule has 7 heteroatoms. The number of carbonyl (C=O) groups excluding carboxylic acids is 2. The van der Waals surface area contributed by atoms with Gasteiger partial charge in [-0.25, -0.2) is 0 Å². The molecule has 3 aromatic carbocycles. The standard InChI is InChI=1S/C31H30N2O4S/c1-22-9-2-3-10-23(22)21-32-30(36)27-14-6-4-12-25(27)26-13-5-7-15-28(26)31(37)33(19-17-29(34)35)18-16-24-11-8-20-38-24/h2-15,20H,16-19,21H2,1H3,(H,32,36)(H,34,35). The molecule has 0 aliphatic carbocycles. The Morgan fingerprint density at radius 3 is 2.16 bits per heavy atom. The Bertz CT molecular complexity index is 1410. The second-order valence-electron chi connectivity index (χ2n) is 8.97. The number of hydrogen-bond acceptors (Lipinski definition) is 4. The Labute approximate surface area is 226 Å². The Hall–Kier alpha value is -4.23. The van der Waals surface area contributed by atoms with Crippen LogP contribution in [-0.2, 0) is 17.8 Å². The summed E-state index contributed by atoms with van der Waals surface area (Å²) in [5.41, 5.74) is 4.32. The molecule has 4 rings (SSSR count). The number of rotatable bonds is 11. The summed E-state index contributed by atoms with van der Waals surface area (Å²) in [5, 5.41) is 14.3. The third-order valence-corrected chi connectivity index (χ3v) is 7.35. The molecular formula is C31H30N2O4S. The van der Waals surface area contributed by atoms with Crippen LogP contribution in [0.3, 0.4) is 0 Å². The van der Waals surface area contributed by atoms with Crippen LogP contribution in [0.15, 0.2) is 90.3 Å². The molecule has 2 amide bonds. The fourth-order valence-electron chi connectivity index (χ4n) is 4.32. The molecule has 1 heterocycles. The number of thiophene rings is 1. The molecule has 0 aliphatic heterocycles. The summed E-state index contributed by atoms with van der Waals surface area (Å²) in [6.45, 7) is 2.91. The molecule has 38 heavy (non-hydrogen) atoms. The van der Waals surface area contributed by atoms with E-state index in [2.05, 4.69) is 5.32 Å². The van der Waals surface area contributed by atoms with E-state index in [0.29, 0.717) is 41.8 Å². The lowest BCUT2D eigenvalue weighted by Gasteiger charge is -2.24. The highest BCUT2D eigenvalue weighted by Crippen LogP contribution is 2.28. The monoisotopic (exact) mass is 526 g/mol. The van der Waals surface area contributed by atoms with Crippen molar-refractivity contribution in [1.29, 1.82) is 0 Å². The smallest absolute Gasteiger partial charge is 0.305 e. The maximum Gasteiger partial charge on any atom is 0.305 e. The molecule has 0 unspecified atom stereocenters. The number of nitrogens with zero attached hydrogens (tertiary/aromatic N) is 1. The summed E-state index contributed by atoms with van der Waals surface area (Å²) >= 11 is 1.61. The van der Waals surface area contributed by atoms with Gasteiger partial charge in [0.2, 0.25) is 0 Å². The SMILES string of the molecule is Cc1ccccc1CNC(=O)c1ccccc1-c1ccccc1C(=O)N(CCC(=O)O)CCc1cccs1. The highest BCUT2D eigenvalue weighted by Gasteiger charge is 2.22. The number of carboxylic acids is 1. The van der Waals surface area contributed by atoms with Crippen molar-refractivity contribution in [3.8, 4) is 11.1 Å². The molecule has 0 spiro atoms. The number of aliphatic carboxylic acids is 1. The molecule has 194 valence electrons. The van der Waals surface area contributed by atoms with Crippen LogP contribution in [-0.4, -0.2) is 40.9 Å². The third-order valence-electron chi connectivity index (χ3n) is 6.41. The Balaban J connectivity index is 1.61. The van der Waals surface area contributed by atoms with Crippen LogP contribution < -0.4 is 5.32 Å².